The summed E-state index contributed by atoms with van der Waals surface area (Å²) in [5.74, 6) is 0.282. The predicted octanol–water partition coefficient (Wildman–Crippen LogP) is 1.28. The molecule has 2 aliphatic rings. The molecule has 3 heterocycles. The minimum atomic E-state index is -0.271. The first-order valence-electron chi connectivity index (χ1n) is 7.11. The molecule has 2 fully saturated rings. The van der Waals surface area contributed by atoms with Crippen LogP contribution in [0.15, 0.2) is 0 Å². The monoisotopic (exact) mass is 296 g/mol. The number of hydrogen-bond acceptors (Lipinski definition) is 6. The smallest absolute Gasteiger partial charge is 0.268 e. The molecule has 110 valence electrons. The number of aromatic nitrogens is 1. The van der Waals surface area contributed by atoms with Crippen LogP contribution in [0.4, 0.5) is 10.9 Å². The highest BCUT2D eigenvalue weighted by atomic mass is 32.1. The number of carbonyl (C=O) groups is 1. The first-order chi connectivity index (χ1) is 9.60. The van der Waals surface area contributed by atoms with E-state index in [4.69, 9.17) is 5.73 Å². The molecule has 2 saturated heterocycles. The van der Waals surface area contributed by atoms with Crippen molar-refractivity contribution in [3.05, 3.63) is 4.88 Å². The Morgan fingerprint density at radius 2 is 2.15 bits per heavy atom. The van der Waals surface area contributed by atoms with E-state index >= 15 is 0 Å². The van der Waals surface area contributed by atoms with E-state index < -0.39 is 0 Å². The van der Waals surface area contributed by atoms with Gasteiger partial charge in [0, 0.05) is 18.6 Å². The Bertz CT molecular complexity index is 504. The van der Waals surface area contributed by atoms with Gasteiger partial charge in [-0.2, -0.15) is 0 Å². The number of nitrogens with zero attached hydrogens (tertiary/aromatic N) is 2. The Labute approximate surface area is 122 Å². The Morgan fingerprint density at radius 1 is 1.50 bits per heavy atom. The Balaban J connectivity index is 1.82. The molecule has 2 bridgehead atoms. The van der Waals surface area contributed by atoms with E-state index in [1.165, 1.54) is 11.3 Å². The van der Waals surface area contributed by atoms with E-state index in [1.807, 2.05) is 11.8 Å². The molecule has 0 aliphatic carbocycles. The van der Waals surface area contributed by atoms with Gasteiger partial charge in [0.05, 0.1) is 6.10 Å². The maximum atomic E-state index is 12.7. The van der Waals surface area contributed by atoms with Crippen molar-refractivity contribution in [1.82, 2.24) is 9.88 Å². The van der Waals surface area contributed by atoms with Gasteiger partial charge >= 0.3 is 0 Å². The van der Waals surface area contributed by atoms with Crippen LogP contribution in [0.25, 0.3) is 0 Å². The van der Waals surface area contributed by atoms with Crippen molar-refractivity contribution in [2.75, 3.05) is 17.6 Å². The van der Waals surface area contributed by atoms with Crippen LogP contribution in [0.1, 0.15) is 42.3 Å². The van der Waals surface area contributed by atoms with Crippen LogP contribution >= 0.6 is 11.3 Å². The van der Waals surface area contributed by atoms with E-state index in [-0.39, 0.29) is 24.1 Å². The van der Waals surface area contributed by atoms with E-state index in [9.17, 15) is 9.90 Å². The molecule has 20 heavy (non-hydrogen) atoms. The second-order valence-electron chi connectivity index (χ2n) is 5.49. The second-order valence-corrected chi connectivity index (χ2v) is 6.49. The van der Waals surface area contributed by atoms with Gasteiger partial charge in [0.1, 0.15) is 10.7 Å². The summed E-state index contributed by atoms with van der Waals surface area (Å²) in [6, 6.07) is 0.306. The SMILES string of the molecule is CCNc1nc(N)c(C(=O)N2C3CCC2CC(O)C3)s1. The summed E-state index contributed by atoms with van der Waals surface area (Å²) in [7, 11) is 0. The summed E-state index contributed by atoms with van der Waals surface area (Å²) < 4.78 is 0. The van der Waals surface area contributed by atoms with Crippen molar-refractivity contribution in [3.63, 3.8) is 0 Å². The Kier molecular flexibility index (Phi) is 3.55. The highest BCUT2D eigenvalue weighted by Crippen LogP contribution is 2.38. The zero-order valence-electron chi connectivity index (χ0n) is 11.5. The summed E-state index contributed by atoms with van der Waals surface area (Å²) in [5.41, 5.74) is 5.88. The van der Waals surface area contributed by atoms with Crippen molar-refractivity contribution in [3.8, 4) is 0 Å². The minimum absolute atomic E-state index is 0.0245. The van der Waals surface area contributed by atoms with Gasteiger partial charge in [-0.25, -0.2) is 4.98 Å². The standard InChI is InChI=1S/C13H20N4O2S/c1-2-15-13-16-11(14)10(20-13)12(19)17-7-3-4-8(17)6-9(18)5-7/h7-9,18H,2-6,14H2,1H3,(H,15,16). The fourth-order valence-electron chi connectivity index (χ4n) is 3.31. The van der Waals surface area contributed by atoms with Gasteiger partial charge in [0.15, 0.2) is 5.13 Å². The van der Waals surface area contributed by atoms with Gasteiger partial charge in [0.2, 0.25) is 0 Å². The number of hydrogen-bond donors (Lipinski definition) is 3. The summed E-state index contributed by atoms with van der Waals surface area (Å²) in [4.78, 5) is 19.3. The molecule has 1 amide bonds. The van der Waals surface area contributed by atoms with Gasteiger partial charge in [-0.3, -0.25) is 4.79 Å². The molecule has 0 saturated carbocycles. The zero-order valence-corrected chi connectivity index (χ0v) is 12.3. The van der Waals surface area contributed by atoms with Crippen LogP contribution in [0, 0.1) is 0 Å². The highest BCUT2D eigenvalue weighted by molar-refractivity contribution is 7.18. The molecule has 2 unspecified atom stereocenters. The molecule has 2 atom stereocenters. The third kappa shape index (κ3) is 2.25. The van der Waals surface area contributed by atoms with Crippen molar-refractivity contribution in [2.24, 2.45) is 0 Å². The maximum absolute atomic E-state index is 12.7. The third-order valence-corrected chi connectivity index (χ3v) is 5.14. The average Bonchev–Trinajstić information content (AvgIpc) is 2.88. The molecular formula is C13H20N4O2S. The summed E-state index contributed by atoms with van der Waals surface area (Å²) in [6.45, 7) is 2.73. The number of nitrogen functional groups attached to an aromatic ring is 1. The van der Waals surface area contributed by atoms with Crippen LogP contribution in [0.3, 0.4) is 0 Å². The van der Waals surface area contributed by atoms with Crippen molar-refractivity contribution in [1.29, 1.82) is 0 Å². The molecule has 6 nitrogen and oxygen atoms in total. The van der Waals surface area contributed by atoms with Crippen LogP contribution in [0.2, 0.25) is 0 Å². The molecule has 0 spiro atoms. The second kappa shape index (κ2) is 5.21. The van der Waals surface area contributed by atoms with Crippen LogP contribution in [0.5, 0.6) is 0 Å². The number of thiazole rings is 1. The van der Waals surface area contributed by atoms with Gasteiger partial charge < -0.3 is 21.1 Å². The van der Waals surface area contributed by atoms with Crippen LogP contribution < -0.4 is 11.1 Å². The predicted molar refractivity (Wildman–Crippen MR) is 78.9 cm³/mol. The fourth-order valence-corrected chi connectivity index (χ4v) is 4.21. The lowest BCUT2D eigenvalue weighted by Gasteiger charge is -2.36. The molecule has 1 aromatic rings. The number of nitrogens with one attached hydrogen (secondary N) is 1. The number of nitrogens with two attached hydrogens (primary N) is 1. The lowest BCUT2D eigenvalue weighted by atomic mass is 10.00. The summed E-state index contributed by atoms with van der Waals surface area (Å²) in [5, 5.41) is 13.6. The highest BCUT2D eigenvalue weighted by Gasteiger charge is 2.43. The lowest BCUT2D eigenvalue weighted by Crippen LogP contribution is -2.47. The number of amides is 1. The van der Waals surface area contributed by atoms with Gasteiger partial charge in [0.25, 0.3) is 5.91 Å². The van der Waals surface area contributed by atoms with Gasteiger partial charge in [-0.05, 0) is 32.6 Å². The van der Waals surface area contributed by atoms with Gasteiger partial charge in [-0.1, -0.05) is 11.3 Å². The first kappa shape index (κ1) is 13.6. The molecule has 7 heteroatoms. The molecule has 2 aliphatic heterocycles. The van der Waals surface area contributed by atoms with Crippen molar-refractivity contribution in [2.45, 2.75) is 50.8 Å². The summed E-state index contributed by atoms with van der Waals surface area (Å²) in [6.07, 6.45) is 3.05. The number of aliphatic hydroxyl groups is 1. The number of rotatable bonds is 3. The Hall–Kier alpha value is -1.34. The Morgan fingerprint density at radius 3 is 2.75 bits per heavy atom. The molecule has 1 aromatic heterocycles. The normalized spacial score (nSPS) is 28.7. The topological polar surface area (TPSA) is 91.5 Å². The molecule has 0 aromatic carbocycles. The summed E-state index contributed by atoms with van der Waals surface area (Å²) >= 11 is 1.32. The molecular weight excluding hydrogens is 276 g/mol. The number of piperidine rings is 1. The quantitative estimate of drug-likeness (QED) is 0.781. The van der Waals surface area contributed by atoms with E-state index in [0.717, 1.165) is 19.4 Å². The number of aliphatic hydroxyl groups excluding tert-OH is 1. The molecule has 0 radical (unpaired) electrons. The van der Waals surface area contributed by atoms with E-state index in [2.05, 4.69) is 10.3 Å². The number of fused-ring (bicyclic) bond motifs is 2. The van der Waals surface area contributed by atoms with Crippen molar-refractivity contribution >= 4 is 28.2 Å². The van der Waals surface area contributed by atoms with E-state index in [1.54, 1.807) is 0 Å². The third-order valence-electron chi connectivity index (χ3n) is 4.12. The zero-order chi connectivity index (χ0) is 14.3. The average molecular weight is 296 g/mol. The van der Waals surface area contributed by atoms with Crippen LogP contribution in [-0.2, 0) is 0 Å². The number of carbonyl (C=O) groups excluding carboxylic acids is 1. The van der Waals surface area contributed by atoms with Crippen molar-refractivity contribution < 1.29 is 9.90 Å². The fraction of sp³-hybridized carbons (Fsp3) is 0.692. The molecule has 3 rings (SSSR count). The van der Waals surface area contributed by atoms with Crippen LogP contribution in [-0.4, -0.2) is 45.6 Å². The van der Waals surface area contributed by atoms with Gasteiger partial charge in [-0.15, -0.1) is 0 Å². The first-order valence-corrected chi connectivity index (χ1v) is 7.92. The largest absolute Gasteiger partial charge is 0.393 e. The minimum Gasteiger partial charge on any atom is -0.393 e. The lowest BCUT2D eigenvalue weighted by molar-refractivity contribution is 0.0291. The van der Waals surface area contributed by atoms with E-state index in [0.29, 0.717) is 28.7 Å². The molecule has 4 N–H and O–H groups in total. The maximum Gasteiger partial charge on any atom is 0.268 e. The number of anilines is 2.